The van der Waals surface area contributed by atoms with E-state index < -0.39 is 24.4 Å². The van der Waals surface area contributed by atoms with Gasteiger partial charge in [0.25, 0.3) is 5.91 Å². The Balaban J connectivity index is 1.62. The Labute approximate surface area is 218 Å². The summed E-state index contributed by atoms with van der Waals surface area (Å²) >= 11 is 3.43. The third-order valence-electron chi connectivity index (χ3n) is 5.67. The number of primary amides is 1. The van der Waals surface area contributed by atoms with E-state index in [0.717, 1.165) is 10.0 Å². The molecule has 0 saturated heterocycles. The molecule has 0 saturated carbocycles. The second kappa shape index (κ2) is 10.6. The van der Waals surface area contributed by atoms with Crippen molar-refractivity contribution in [3.8, 4) is 5.75 Å². The van der Waals surface area contributed by atoms with Crippen LogP contribution in [0.4, 0.5) is 36.3 Å². The molecule has 1 aromatic heterocycles. The molecule has 0 radical (unpaired) electrons. The van der Waals surface area contributed by atoms with Crippen LogP contribution in [0.25, 0.3) is 0 Å². The summed E-state index contributed by atoms with van der Waals surface area (Å²) in [5.41, 5.74) is 8.17. The first kappa shape index (κ1) is 26.2. The number of fused-ring (bicyclic) bond motifs is 1. The van der Waals surface area contributed by atoms with E-state index in [2.05, 4.69) is 36.5 Å². The molecule has 0 atom stereocenters. The smallest absolute Gasteiger partial charge is 0.397 e. The maximum atomic E-state index is 12.7. The van der Waals surface area contributed by atoms with Crippen LogP contribution in [0.2, 0.25) is 0 Å². The van der Waals surface area contributed by atoms with Gasteiger partial charge in [-0.25, -0.2) is 4.98 Å². The number of carbonyl (C=O) groups is 2. The van der Waals surface area contributed by atoms with Gasteiger partial charge in [-0.15, -0.1) is 0 Å². The van der Waals surface area contributed by atoms with Crippen molar-refractivity contribution in [3.63, 3.8) is 0 Å². The van der Waals surface area contributed by atoms with Gasteiger partial charge in [0.1, 0.15) is 23.6 Å². The highest BCUT2D eigenvalue weighted by Crippen LogP contribution is 2.34. The molecule has 194 valence electrons. The Bertz CT molecular complexity index is 1350. The Morgan fingerprint density at radius 2 is 1.92 bits per heavy atom. The van der Waals surface area contributed by atoms with Gasteiger partial charge >= 0.3 is 6.18 Å². The van der Waals surface area contributed by atoms with E-state index in [1.54, 1.807) is 24.3 Å². The lowest BCUT2D eigenvalue weighted by Crippen LogP contribution is -2.38. The zero-order valence-electron chi connectivity index (χ0n) is 19.5. The second-order valence-electron chi connectivity index (χ2n) is 8.23. The summed E-state index contributed by atoms with van der Waals surface area (Å²) in [6.45, 7) is 0.207. The fourth-order valence-electron chi connectivity index (χ4n) is 3.88. The molecule has 37 heavy (non-hydrogen) atoms. The van der Waals surface area contributed by atoms with Gasteiger partial charge in [0.05, 0.1) is 18.5 Å². The maximum absolute atomic E-state index is 12.7. The topological polar surface area (TPSA) is 122 Å². The third-order valence-corrected chi connectivity index (χ3v) is 6.36. The van der Waals surface area contributed by atoms with Gasteiger partial charge in [-0.1, -0.05) is 12.1 Å². The number of hydrogen-bond acceptors (Lipinski definition) is 7. The van der Waals surface area contributed by atoms with Crippen LogP contribution in [0.15, 0.2) is 47.1 Å². The van der Waals surface area contributed by atoms with E-state index in [4.69, 9.17) is 10.5 Å². The number of halogens is 4. The lowest BCUT2D eigenvalue weighted by molar-refractivity contribution is -0.162. The molecule has 3 aromatic rings. The minimum atomic E-state index is -4.57. The summed E-state index contributed by atoms with van der Waals surface area (Å²) in [5, 5.41) is 6.09. The summed E-state index contributed by atoms with van der Waals surface area (Å²) in [5.74, 6) is -0.971. The normalized spacial score (nSPS) is 13.1. The molecular weight excluding hydrogens is 557 g/mol. The monoisotopic (exact) mass is 578 g/mol. The van der Waals surface area contributed by atoms with Gasteiger partial charge in [0, 0.05) is 23.8 Å². The zero-order chi connectivity index (χ0) is 26.7. The number of rotatable bonds is 7. The number of nitrogens with zero attached hydrogens (tertiary/aromatic N) is 3. The molecule has 4 rings (SSSR count). The molecule has 2 amide bonds. The summed E-state index contributed by atoms with van der Waals surface area (Å²) in [6.07, 6.45) is -4.41. The average molecular weight is 579 g/mol. The SMILES string of the molecule is COc1cc2c(cc1Nc1ncc(C(N)=O)c(Nc3ccccc3Br)n1)CN(C(=O)CC(F)(F)F)CC2. The zero-order valence-corrected chi connectivity index (χ0v) is 21.1. The molecule has 0 aliphatic carbocycles. The van der Waals surface area contributed by atoms with E-state index >= 15 is 0 Å². The van der Waals surface area contributed by atoms with Crippen molar-refractivity contribution in [2.45, 2.75) is 25.6 Å². The van der Waals surface area contributed by atoms with Crippen LogP contribution in [0, 0.1) is 0 Å². The van der Waals surface area contributed by atoms with Crippen LogP contribution < -0.4 is 21.1 Å². The predicted octanol–water partition coefficient (Wildman–Crippen LogP) is 4.67. The molecule has 1 aliphatic rings. The van der Waals surface area contributed by atoms with Gasteiger partial charge in [0.2, 0.25) is 11.9 Å². The Hall–Kier alpha value is -3.87. The van der Waals surface area contributed by atoms with Gasteiger partial charge in [-0.3, -0.25) is 9.59 Å². The van der Waals surface area contributed by atoms with Gasteiger partial charge in [-0.05, 0) is 57.7 Å². The summed E-state index contributed by atoms with van der Waals surface area (Å²) in [6, 6.07) is 10.7. The number of benzene rings is 2. The number of aromatic nitrogens is 2. The van der Waals surface area contributed by atoms with Crippen LogP contribution >= 0.6 is 15.9 Å². The molecule has 9 nitrogen and oxygen atoms in total. The number of hydrogen-bond donors (Lipinski definition) is 3. The fourth-order valence-corrected chi connectivity index (χ4v) is 4.26. The standard InChI is InChI=1S/C24H22BrF3N6O3/c1-37-19-9-13-6-7-34(20(35)10-24(26,27)28)12-14(13)8-18(19)32-23-30-11-15(21(29)36)22(33-23)31-17-5-3-2-4-16(17)25/h2-5,8-9,11H,6-7,10,12H2,1H3,(H2,29,36)(H2,30,31,32,33). The van der Waals surface area contributed by atoms with Crippen LogP contribution in [0.1, 0.15) is 27.9 Å². The van der Waals surface area contributed by atoms with Crippen molar-refractivity contribution in [3.05, 3.63) is 63.8 Å². The number of ether oxygens (including phenoxy) is 1. The van der Waals surface area contributed by atoms with E-state index in [9.17, 15) is 22.8 Å². The van der Waals surface area contributed by atoms with Crippen LogP contribution in [0.5, 0.6) is 5.75 Å². The molecule has 0 fully saturated rings. The molecule has 0 unspecified atom stereocenters. The summed E-state index contributed by atoms with van der Waals surface area (Å²) in [4.78, 5) is 33.8. The molecule has 0 bridgehead atoms. The van der Waals surface area contributed by atoms with Crippen molar-refractivity contribution < 1.29 is 27.5 Å². The number of nitrogens with one attached hydrogen (secondary N) is 2. The highest BCUT2D eigenvalue weighted by molar-refractivity contribution is 9.10. The lowest BCUT2D eigenvalue weighted by atomic mass is 9.98. The van der Waals surface area contributed by atoms with Crippen molar-refractivity contribution in [2.75, 3.05) is 24.3 Å². The van der Waals surface area contributed by atoms with E-state index in [1.807, 2.05) is 12.1 Å². The molecule has 4 N–H and O–H groups in total. The minimum Gasteiger partial charge on any atom is -0.495 e. The first-order chi connectivity index (χ1) is 17.5. The molecule has 13 heteroatoms. The van der Waals surface area contributed by atoms with Crippen molar-refractivity contribution >= 4 is 50.9 Å². The Morgan fingerprint density at radius 3 is 2.59 bits per heavy atom. The number of amides is 2. The number of para-hydroxylation sites is 1. The molecule has 0 spiro atoms. The number of methoxy groups -OCH3 is 1. The van der Waals surface area contributed by atoms with E-state index in [1.165, 1.54) is 18.2 Å². The van der Waals surface area contributed by atoms with Crippen LogP contribution in [-0.2, 0) is 17.8 Å². The number of carbonyl (C=O) groups excluding carboxylic acids is 2. The van der Waals surface area contributed by atoms with Crippen molar-refractivity contribution in [2.24, 2.45) is 5.73 Å². The molecule has 2 aromatic carbocycles. The highest BCUT2D eigenvalue weighted by atomic mass is 79.9. The molecule has 1 aliphatic heterocycles. The predicted molar refractivity (Wildman–Crippen MR) is 134 cm³/mol. The van der Waals surface area contributed by atoms with E-state index in [0.29, 0.717) is 29.1 Å². The quantitative estimate of drug-likeness (QED) is 0.372. The van der Waals surface area contributed by atoms with Crippen LogP contribution in [-0.4, -0.2) is 46.5 Å². The summed E-state index contributed by atoms with van der Waals surface area (Å²) in [7, 11) is 1.48. The molecule has 2 heterocycles. The van der Waals surface area contributed by atoms with Crippen LogP contribution in [0.3, 0.4) is 0 Å². The van der Waals surface area contributed by atoms with Gasteiger partial charge in [-0.2, -0.15) is 18.2 Å². The largest absolute Gasteiger partial charge is 0.495 e. The fraction of sp³-hybridized carbons (Fsp3) is 0.250. The average Bonchev–Trinajstić information content (AvgIpc) is 2.83. The number of nitrogens with two attached hydrogens (primary N) is 1. The molecular formula is C24H22BrF3N6O3. The minimum absolute atomic E-state index is 0.0270. The maximum Gasteiger partial charge on any atom is 0.397 e. The first-order valence-corrected chi connectivity index (χ1v) is 11.8. The third kappa shape index (κ3) is 6.28. The van der Waals surface area contributed by atoms with E-state index in [-0.39, 0.29) is 30.4 Å². The van der Waals surface area contributed by atoms with Crippen molar-refractivity contribution in [1.82, 2.24) is 14.9 Å². The number of alkyl halides is 3. The first-order valence-electron chi connectivity index (χ1n) is 11.0. The highest BCUT2D eigenvalue weighted by Gasteiger charge is 2.34. The summed E-state index contributed by atoms with van der Waals surface area (Å²) < 4.78 is 44.3. The van der Waals surface area contributed by atoms with Gasteiger partial charge in [0.15, 0.2) is 0 Å². The Kier molecular flexibility index (Phi) is 7.52. The number of anilines is 4. The lowest BCUT2D eigenvalue weighted by Gasteiger charge is -2.30. The van der Waals surface area contributed by atoms with Crippen molar-refractivity contribution in [1.29, 1.82) is 0 Å². The second-order valence-corrected chi connectivity index (χ2v) is 9.08. The van der Waals surface area contributed by atoms with Gasteiger partial charge < -0.3 is 26.0 Å². The Morgan fingerprint density at radius 1 is 1.16 bits per heavy atom.